The number of carbonyl (C=O) groups excluding carboxylic acids is 2. The monoisotopic (exact) mass is 347 g/mol. The predicted octanol–water partition coefficient (Wildman–Crippen LogP) is 2.94. The lowest BCUT2D eigenvalue weighted by Crippen LogP contribution is -2.11. The van der Waals surface area contributed by atoms with Gasteiger partial charge in [-0.05, 0) is 29.8 Å². The molecule has 1 aliphatic heterocycles. The van der Waals surface area contributed by atoms with Crippen molar-refractivity contribution in [3.05, 3.63) is 41.1 Å². The van der Waals surface area contributed by atoms with Crippen LogP contribution in [0.2, 0.25) is 0 Å². The van der Waals surface area contributed by atoms with Gasteiger partial charge in [0.1, 0.15) is 11.3 Å². The quantitative estimate of drug-likeness (QED) is 0.792. The van der Waals surface area contributed by atoms with Gasteiger partial charge < -0.3 is 18.8 Å². The van der Waals surface area contributed by atoms with Gasteiger partial charge in [-0.3, -0.25) is 0 Å². The zero-order valence-electron chi connectivity index (χ0n) is 13.6. The second kappa shape index (κ2) is 6.60. The summed E-state index contributed by atoms with van der Waals surface area (Å²) < 4.78 is 17.0. The van der Waals surface area contributed by atoms with Crippen molar-refractivity contribution >= 4 is 23.7 Å². The van der Waals surface area contributed by atoms with E-state index in [2.05, 4.69) is 0 Å². The second-order valence-electron chi connectivity index (χ2n) is 5.16. The number of hydrogen-bond donors (Lipinski definition) is 0. The van der Waals surface area contributed by atoms with Crippen molar-refractivity contribution in [2.24, 2.45) is 0 Å². The molecule has 0 saturated carbocycles. The van der Waals surface area contributed by atoms with Crippen molar-refractivity contribution in [2.75, 3.05) is 21.3 Å². The van der Waals surface area contributed by atoms with Crippen LogP contribution in [0.3, 0.4) is 0 Å². The molecule has 3 rings (SSSR count). The number of aromatic nitrogens is 1. The summed E-state index contributed by atoms with van der Waals surface area (Å²) in [5.41, 5.74) is 2.82. The van der Waals surface area contributed by atoms with Crippen molar-refractivity contribution in [3.8, 4) is 17.0 Å². The van der Waals surface area contributed by atoms with E-state index in [-0.39, 0.29) is 5.56 Å². The first-order valence-corrected chi connectivity index (χ1v) is 8.42. The molecule has 0 radical (unpaired) electrons. The smallest absolute Gasteiger partial charge is 0.340 e. The third-order valence-corrected chi connectivity index (χ3v) is 4.89. The molecule has 6 nitrogen and oxygen atoms in total. The average Bonchev–Trinajstić information content (AvgIpc) is 3.20. The summed E-state index contributed by atoms with van der Waals surface area (Å²) in [6, 6.07) is 7.35. The number of thioether (sulfide) groups is 1. The lowest BCUT2D eigenvalue weighted by atomic mass is 10.0. The Hall–Kier alpha value is -2.41. The van der Waals surface area contributed by atoms with E-state index in [4.69, 9.17) is 14.2 Å². The van der Waals surface area contributed by atoms with Crippen molar-refractivity contribution in [1.29, 1.82) is 0 Å². The van der Waals surface area contributed by atoms with Gasteiger partial charge in [0.15, 0.2) is 0 Å². The number of rotatable bonds is 4. The summed E-state index contributed by atoms with van der Waals surface area (Å²) in [5.74, 6) is 0.950. The standard InChI is InChI=1S/C17H17NO5S/c1-21-11-6-4-10(5-7-11)15-14(17(20)23-3)13(16(19)22-2)12-8-24-9-18(12)15/h4-7H,8-9H2,1-3H3. The van der Waals surface area contributed by atoms with Crippen LogP contribution in [0.5, 0.6) is 5.75 Å². The Bertz CT molecular complexity index is 794. The highest BCUT2D eigenvalue weighted by atomic mass is 32.2. The molecule has 0 N–H and O–H groups in total. The van der Waals surface area contributed by atoms with Crippen LogP contribution in [0.15, 0.2) is 24.3 Å². The van der Waals surface area contributed by atoms with Gasteiger partial charge in [0, 0.05) is 11.4 Å². The third kappa shape index (κ3) is 2.54. The van der Waals surface area contributed by atoms with Crippen molar-refractivity contribution in [2.45, 2.75) is 11.6 Å². The Labute approximate surface area is 143 Å². The molecule has 0 amide bonds. The Kier molecular flexibility index (Phi) is 4.53. The fourth-order valence-corrected chi connectivity index (χ4v) is 3.92. The molecule has 0 fully saturated rings. The first-order chi connectivity index (χ1) is 11.6. The summed E-state index contributed by atoms with van der Waals surface area (Å²) >= 11 is 1.67. The van der Waals surface area contributed by atoms with Gasteiger partial charge in [-0.15, -0.1) is 11.8 Å². The number of benzene rings is 1. The minimum absolute atomic E-state index is 0.254. The number of esters is 2. The zero-order chi connectivity index (χ0) is 17.3. The summed E-state index contributed by atoms with van der Waals surface area (Å²) in [5, 5.41) is 0. The third-order valence-electron chi connectivity index (χ3n) is 3.97. The molecule has 2 heterocycles. The predicted molar refractivity (Wildman–Crippen MR) is 90.4 cm³/mol. The number of ether oxygens (including phenoxy) is 3. The summed E-state index contributed by atoms with van der Waals surface area (Å²) in [6.07, 6.45) is 0. The molecule has 2 aromatic rings. The summed E-state index contributed by atoms with van der Waals surface area (Å²) in [6.45, 7) is 0. The fourth-order valence-electron chi connectivity index (χ4n) is 2.87. The van der Waals surface area contributed by atoms with Crippen LogP contribution >= 0.6 is 11.8 Å². The Morgan fingerprint density at radius 1 is 1.00 bits per heavy atom. The highest BCUT2D eigenvalue weighted by Gasteiger charge is 2.34. The minimum atomic E-state index is -0.548. The molecule has 0 spiro atoms. The number of carbonyl (C=O) groups is 2. The van der Waals surface area contributed by atoms with Crippen LogP contribution in [0.1, 0.15) is 26.4 Å². The largest absolute Gasteiger partial charge is 0.497 e. The topological polar surface area (TPSA) is 66.8 Å². The molecule has 0 bridgehead atoms. The molecule has 0 aliphatic carbocycles. The van der Waals surface area contributed by atoms with E-state index in [0.717, 1.165) is 11.3 Å². The van der Waals surface area contributed by atoms with Crippen molar-refractivity contribution < 1.29 is 23.8 Å². The SMILES string of the molecule is COC(=O)c1c(C(=O)OC)c(-c2ccc(OC)cc2)n2c1CSC2. The van der Waals surface area contributed by atoms with E-state index >= 15 is 0 Å². The zero-order valence-corrected chi connectivity index (χ0v) is 14.4. The van der Waals surface area contributed by atoms with Gasteiger partial charge in [-0.1, -0.05) is 0 Å². The highest BCUT2D eigenvalue weighted by molar-refractivity contribution is 7.97. The minimum Gasteiger partial charge on any atom is -0.497 e. The second-order valence-corrected chi connectivity index (χ2v) is 6.12. The van der Waals surface area contributed by atoms with Gasteiger partial charge in [0.2, 0.25) is 0 Å². The Morgan fingerprint density at radius 3 is 2.21 bits per heavy atom. The van der Waals surface area contributed by atoms with E-state index in [1.165, 1.54) is 14.2 Å². The lowest BCUT2D eigenvalue weighted by Gasteiger charge is -2.10. The molecule has 24 heavy (non-hydrogen) atoms. The maximum Gasteiger partial charge on any atom is 0.340 e. The fraction of sp³-hybridized carbons (Fsp3) is 0.294. The first-order valence-electron chi connectivity index (χ1n) is 7.26. The van der Waals surface area contributed by atoms with Gasteiger partial charge in [0.05, 0.1) is 38.5 Å². The van der Waals surface area contributed by atoms with Crippen LogP contribution in [0.4, 0.5) is 0 Å². The van der Waals surface area contributed by atoms with Crippen LogP contribution in [-0.2, 0) is 21.1 Å². The van der Waals surface area contributed by atoms with E-state index in [9.17, 15) is 9.59 Å². The van der Waals surface area contributed by atoms with E-state index in [0.29, 0.717) is 28.6 Å². The normalized spacial score (nSPS) is 12.6. The lowest BCUT2D eigenvalue weighted by molar-refractivity contribution is 0.0556. The van der Waals surface area contributed by atoms with Crippen LogP contribution in [-0.4, -0.2) is 37.8 Å². The molecule has 126 valence electrons. The Morgan fingerprint density at radius 2 is 1.62 bits per heavy atom. The van der Waals surface area contributed by atoms with Crippen LogP contribution < -0.4 is 4.74 Å². The first kappa shape index (κ1) is 16.4. The summed E-state index contributed by atoms with van der Waals surface area (Å²) in [4.78, 5) is 24.7. The molecule has 1 aliphatic rings. The average molecular weight is 347 g/mol. The molecular weight excluding hydrogens is 330 g/mol. The summed E-state index contributed by atoms with van der Waals surface area (Å²) in [7, 11) is 4.21. The van der Waals surface area contributed by atoms with Gasteiger partial charge in [0.25, 0.3) is 0 Å². The molecule has 0 unspecified atom stereocenters. The van der Waals surface area contributed by atoms with Gasteiger partial charge >= 0.3 is 11.9 Å². The number of methoxy groups -OCH3 is 3. The van der Waals surface area contributed by atoms with Crippen molar-refractivity contribution in [3.63, 3.8) is 0 Å². The maximum atomic E-state index is 12.4. The van der Waals surface area contributed by atoms with E-state index in [1.54, 1.807) is 18.9 Å². The van der Waals surface area contributed by atoms with Gasteiger partial charge in [-0.25, -0.2) is 9.59 Å². The number of fused-ring (bicyclic) bond motifs is 1. The van der Waals surface area contributed by atoms with Crippen LogP contribution in [0, 0.1) is 0 Å². The van der Waals surface area contributed by atoms with E-state index < -0.39 is 11.9 Å². The van der Waals surface area contributed by atoms with Crippen molar-refractivity contribution in [1.82, 2.24) is 4.57 Å². The molecule has 0 atom stereocenters. The molecular formula is C17H17NO5S. The number of hydrogen-bond acceptors (Lipinski definition) is 6. The molecule has 1 aromatic carbocycles. The van der Waals surface area contributed by atoms with Gasteiger partial charge in [-0.2, -0.15) is 0 Å². The number of nitrogens with zero attached hydrogens (tertiary/aromatic N) is 1. The Balaban J connectivity index is 2.27. The van der Waals surface area contributed by atoms with E-state index in [1.807, 2.05) is 28.8 Å². The molecule has 1 aromatic heterocycles. The van der Waals surface area contributed by atoms with Crippen LogP contribution in [0.25, 0.3) is 11.3 Å². The molecule has 0 saturated heterocycles. The maximum absolute atomic E-state index is 12.4. The molecule has 7 heteroatoms. The highest BCUT2D eigenvalue weighted by Crippen LogP contribution is 2.40.